The second-order valence-electron chi connectivity index (χ2n) is 5.75. The second kappa shape index (κ2) is 6.08. The Morgan fingerprint density at radius 1 is 1.20 bits per heavy atom. The quantitative estimate of drug-likeness (QED) is 0.925. The molecule has 1 aromatic carbocycles. The molecular weight excluding hydrogens is 264 g/mol. The van der Waals surface area contributed by atoms with E-state index >= 15 is 0 Å². The highest BCUT2D eigenvalue weighted by atomic mass is 32.1. The molecule has 1 fully saturated rings. The Kier molecular flexibility index (Phi) is 4.20. The first-order valence-electron chi connectivity index (χ1n) is 7.28. The largest absolute Gasteiger partial charge is 0.302 e. The van der Waals surface area contributed by atoms with Gasteiger partial charge in [0, 0.05) is 23.5 Å². The van der Waals surface area contributed by atoms with Gasteiger partial charge in [-0.05, 0) is 37.4 Å². The van der Waals surface area contributed by atoms with Crippen LogP contribution in [-0.2, 0) is 0 Å². The monoisotopic (exact) mass is 286 g/mol. The molecule has 3 rings (SSSR count). The fourth-order valence-electron chi connectivity index (χ4n) is 2.99. The van der Waals surface area contributed by atoms with Gasteiger partial charge in [0.2, 0.25) is 0 Å². The Morgan fingerprint density at radius 2 is 2.00 bits per heavy atom. The summed E-state index contributed by atoms with van der Waals surface area (Å²) in [5.41, 5.74) is 1.36. The first-order chi connectivity index (χ1) is 9.74. The third kappa shape index (κ3) is 2.95. The molecule has 1 aromatic heterocycles. The summed E-state index contributed by atoms with van der Waals surface area (Å²) in [6.07, 6.45) is 1.23. The van der Waals surface area contributed by atoms with Crippen molar-refractivity contribution >= 4 is 11.3 Å². The molecule has 0 spiro atoms. The lowest BCUT2D eigenvalue weighted by Gasteiger charge is -2.22. The second-order valence-corrected chi connectivity index (χ2v) is 6.73. The lowest BCUT2D eigenvalue weighted by atomic mass is 10.0. The SMILES string of the molecule is CC1CC(NC(c2ccccc2)c2cccs2)CN1C. The van der Waals surface area contributed by atoms with Crippen molar-refractivity contribution in [2.45, 2.75) is 31.5 Å². The van der Waals surface area contributed by atoms with Crippen molar-refractivity contribution in [3.05, 3.63) is 58.3 Å². The van der Waals surface area contributed by atoms with E-state index in [4.69, 9.17) is 0 Å². The Labute approximate surface area is 125 Å². The number of nitrogens with zero attached hydrogens (tertiary/aromatic N) is 1. The predicted octanol–water partition coefficient (Wildman–Crippen LogP) is 3.52. The number of hydrogen-bond acceptors (Lipinski definition) is 3. The first-order valence-corrected chi connectivity index (χ1v) is 8.16. The van der Waals surface area contributed by atoms with Crippen LogP contribution in [0, 0.1) is 0 Å². The van der Waals surface area contributed by atoms with Gasteiger partial charge in [0.25, 0.3) is 0 Å². The van der Waals surface area contributed by atoms with Crippen molar-refractivity contribution in [2.24, 2.45) is 0 Å². The van der Waals surface area contributed by atoms with E-state index in [0.717, 1.165) is 6.54 Å². The minimum Gasteiger partial charge on any atom is -0.302 e. The van der Waals surface area contributed by atoms with E-state index in [1.54, 1.807) is 0 Å². The zero-order valence-electron chi connectivity index (χ0n) is 12.1. The molecule has 0 radical (unpaired) electrons. The van der Waals surface area contributed by atoms with Gasteiger partial charge in [0.15, 0.2) is 0 Å². The van der Waals surface area contributed by atoms with Gasteiger partial charge >= 0.3 is 0 Å². The highest BCUT2D eigenvalue weighted by molar-refractivity contribution is 7.10. The predicted molar refractivity (Wildman–Crippen MR) is 86.2 cm³/mol. The highest BCUT2D eigenvalue weighted by Crippen LogP contribution is 2.28. The third-order valence-electron chi connectivity index (χ3n) is 4.25. The normalized spacial score (nSPS) is 24.9. The third-order valence-corrected chi connectivity index (χ3v) is 5.19. The molecule has 3 heteroatoms. The number of hydrogen-bond donors (Lipinski definition) is 1. The zero-order chi connectivity index (χ0) is 13.9. The Bertz CT molecular complexity index is 513. The summed E-state index contributed by atoms with van der Waals surface area (Å²) in [6, 6.07) is 16.7. The maximum Gasteiger partial charge on any atom is 0.0673 e. The average molecular weight is 286 g/mol. The molecule has 2 heterocycles. The Balaban J connectivity index is 1.80. The topological polar surface area (TPSA) is 15.3 Å². The van der Waals surface area contributed by atoms with E-state index in [1.165, 1.54) is 16.9 Å². The molecule has 3 unspecified atom stereocenters. The van der Waals surface area contributed by atoms with E-state index in [0.29, 0.717) is 18.1 Å². The Morgan fingerprint density at radius 3 is 2.60 bits per heavy atom. The molecule has 0 aliphatic carbocycles. The molecule has 20 heavy (non-hydrogen) atoms. The van der Waals surface area contributed by atoms with Gasteiger partial charge in [0.1, 0.15) is 0 Å². The van der Waals surface area contributed by atoms with Gasteiger partial charge in [0.05, 0.1) is 6.04 Å². The lowest BCUT2D eigenvalue weighted by Crippen LogP contribution is -2.35. The van der Waals surface area contributed by atoms with Crippen LogP contribution in [0.15, 0.2) is 47.8 Å². The minimum atomic E-state index is 0.319. The molecule has 0 amide bonds. The number of nitrogens with one attached hydrogen (secondary N) is 1. The van der Waals surface area contributed by atoms with Gasteiger partial charge in [-0.1, -0.05) is 36.4 Å². The standard InChI is InChI=1S/C17H22N2S/c1-13-11-15(12-19(13)2)18-17(16-9-6-10-20-16)14-7-4-3-5-8-14/h3-10,13,15,17-18H,11-12H2,1-2H3. The van der Waals surface area contributed by atoms with Crippen LogP contribution in [0.5, 0.6) is 0 Å². The molecule has 1 aliphatic rings. The summed E-state index contributed by atoms with van der Waals surface area (Å²) in [4.78, 5) is 3.84. The van der Waals surface area contributed by atoms with Gasteiger partial charge in [-0.2, -0.15) is 0 Å². The smallest absolute Gasteiger partial charge is 0.0673 e. The molecule has 1 saturated heterocycles. The summed E-state index contributed by atoms with van der Waals surface area (Å²) in [5.74, 6) is 0. The average Bonchev–Trinajstić information content (AvgIpc) is 3.08. The van der Waals surface area contributed by atoms with E-state index in [1.807, 2.05) is 11.3 Å². The van der Waals surface area contributed by atoms with Crippen molar-refractivity contribution in [3.8, 4) is 0 Å². The highest BCUT2D eigenvalue weighted by Gasteiger charge is 2.28. The number of rotatable bonds is 4. The summed E-state index contributed by atoms with van der Waals surface area (Å²) >= 11 is 1.83. The molecule has 0 saturated carbocycles. The minimum absolute atomic E-state index is 0.319. The van der Waals surface area contributed by atoms with E-state index in [-0.39, 0.29) is 0 Å². The van der Waals surface area contributed by atoms with Crippen molar-refractivity contribution in [2.75, 3.05) is 13.6 Å². The van der Waals surface area contributed by atoms with Crippen molar-refractivity contribution in [3.63, 3.8) is 0 Å². The fourth-order valence-corrected chi connectivity index (χ4v) is 3.81. The van der Waals surface area contributed by atoms with Crippen molar-refractivity contribution in [1.82, 2.24) is 10.2 Å². The summed E-state index contributed by atoms with van der Waals surface area (Å²) in [7, 11) is 2.22. The number of benzene rings is 1. The van der Waals surface area contributed by atoms with Crippen LogP contribution in [0.2, 0.25) is 0 Å². The fraction of sp³-hybridized carbons (Fsp3) is 0.412. The van der Waals surface area contributed by atoms with E-state index in [2.05, 4.69) is 72.0 Å². The van der Waals surface area contributed by atoms with Gasteiger partial charge in [-0.3, -0.25) is 0 Å². The van der Waals surface area contributed by atoms with Gasteiger partial charge < -0.3 is 10.2 Å². The maximum absolute atomic E-state index is 3.86. The Hall–Kier alpha value is -1.16. The van der Waals surface area contributed by atoms with Crippen LogP contribution in [0.3, 0.4) is 0 Å². The van der Waals surface area contributed by atoms with Crippen LogP contribution in [-0.4, -0.2) is 30.6 Å². The van der Waals surface area contributed by atoms with Crippen molar-refractivity contribution in [1.29, 1.82) is 0 Å². The molecule has 0 bridgehead atoms. The number of thiophene rings is 1. The van der Waals surface area contributed by atoms with Crippen LogP contribution >= 0.6 is 11.3 Å². The molecule has 106 valence electrons. The van der Waals surface area contributed by atoms with E-state index in [9.17, 15) is 0 Å². The maximum atomic E-state index is 3.86. The number of likely N-dealkylation sites (tertiary alicyclic amines) is 1. The van der Waals surface area contributed by atoms with Crippen LogP contribution in [0.1, 0.15) is 29.8 Å². The molecular formula is C17H22N2S. The summed E-state index contributed by atoms with van der Waals surface area (Å²) in [5, 5.41) is 6.03. The first kappa shape index (κ1) is 13.8. The molecule has 3 atom stereocenters. The van der Waals surface area contributed by atoms with Crippen molar-refractivity contribution < 1.29 is 0 Å². The summed E-state index contributed by atoms with van der Waals surface area (Å²) in [6.45, 7) is 3.44. The molecule has 2 nitrogen and oxygen atoms in total. The zero-order valence-corrected chi connectivity index (χ0v) is 12.9. The molecule has 2 aromatic rings. The van der Waals surface area contributed by atoms with Crippen LogP contribution in [0.4, 0.5) is 0 Å². The van der Waals surface area contributed by atoms with Gasteiger partial charge in [-0.25, -0.2) is 0 Å². The van der Waals surface area contributed by atoms with Gasteiger partial charge in [-0.15, -0.1) is 11.3 Å². The van der Waals surface area contributed by atoms with E-state index < -0.39 is 0 Å². The van der Waals surface area contributed by atoms with Crippen LogP contribution in [0.25, 0.3) is 0 Å². The lowest BCUT2D eigenvalue weighted by molar-refractivity contribution is 0.325. The summed E-state index contributed by atoms with van der Waals surface area (Å²) < 4.78 is 0. The van der Waals surface area contributed by atoms with Crippen LogP contribution < -0.4 is 5.32 Å². The molecule has 1 aliphatic heterocycles. The number of likely N-dealkylation sites (N-methyl/N-ethyl adjacent to an activating group) is 1. The molecule has 1 N–H and O–H groups in total.